The smallest absolute Gasteiger partial charge is 0.0628 e. The lowest BCUT2D eigenvalue weighted by atomic mass is 9.99. The first kappa shape index (κ1) is 13.5. The molecule has 0 unspecified atom stereocenters. The van der Waals surface area contributed by atoms with Crippen LogP contribution in [0.3, 0.4) is 0 Å². The predicted molar refractivity (Wildman–Crippen MR) is 68.1 cm³/mol. The van der Waals surface area contributed by atoms with Crippen LogP contribution in [0.2, 0.25) is 0 Å². The second-order valence-electron chi connectivity index (χ2n) is 5.35. The second-order valence-corrected chi connectivity index (χ2v) is 5.35. The summed E-state index contributed by atoms with van der Waals surface area (Å²) in [5.41, 5.74) is 0.372. The zero-order valence-electron chi connectivity index (χ0n) is 11.1. The molecule has 92 valence electrons. The topological polar surface area (TPSA) is 27.0 Å². The fraction of sp³-hybridized carbons (Fsp3) is 0.929. The lowest BCUT2D eigenvalue weighted by Gasteiger charge is -2.28. The van der Waals surface area contributed by atoms with Crippen molar-refractivity contribution in [1.82, 2.24) is 4.90 Å². The Labute approximate surface area is 101 Å². The van der Waals surface area contributed by atoms with Gasteiger partial charge < -0.3 is 4.90 Å². The molecule has 1 rings (SSSR count). The van der Waals surface area contributed by atoms with Crippen LogP contribution in [0, 0.1) is 22.7 Å². The molecular formula is C14H26N2. The van der Waals surface area contributed by atoms with Crippen molar-refractivity contribution in [3.63, 3.8) is 0 Å². The first-order chi connectivity index (χ1) is 7.69. The second kappa shape index (κ2) is 6.25. The van der Waals surface area contributed by atoms with Gasteiger partial charge in [0.05, 0.1) is 6.07 Å². The third-order valence-corrected chi connectivity index (χ3v) is 4.09. The monoisotopic (exact) mass is 222 g/mol. The van der Waals surface area contributed by atoms with Crippen LogP contribution in [0.4, 0.5) is 0 Å². The van der Waals surface area contributed by atoms with Gasteiger partial charge in [0.2, 0.25) is 0 Å². The lowest BCUT2D eigenvalue weighted by molar-refractivity contribution is 0.193. The molecule has 0 heterocycles. The molecule has 0 aromatic rings. The number of nitrogens with zero attached hydrogens (tertiary/aromatic N) is 2. The maximum absolute atomic E-state index is 8.83. The van der Waals surface area contributed by atoms with Crippen molar-refractivity contribution in [2.24, 2.45) is 11.3 Å². The van der Waals surface area contributed by atoms with Crippen molar-refractivity contribution in [2.45, 2.75) is 52.9 Å². The molecule has 1 fully saturated rings. The Morgan fingerprint density at radius 1 is 1.25 bits per heavy atom. The zero-order chi connectivity index (χ0) is 12.0. The van der Waals surface area contributed by atoms with Gasteiger partial charge >= 0.3 is 0 Å². The maximum Gasteiger partial charge on any atom is 0.0628 e. The minimum Gasteiger partial charge on any atom is -0.303 e. The van der Waals surface area contributed by atoms with E-state index < -0.39 is 0 Å². The van der Waals surface area contributed by atoms with Crippen molar-refractivity contribution in [1.29, 1.82) is 5.26 Å². The van der Waals surface area contributed by atoms with Gasteiger partial charge in [-0.25, -0.2) is 0 Å². The Kier molecular flexibility index (Phi) is 5.28. The van der Waals surface area contributed by atoms with Crippen LogP contribution in [0.5, 0.6) is 0 Å². The number of rotatable bonds is 8. The highest BCUT2D eigenvalue weighted by Gasteiger charge is 2.43. The Morgan fingerprint density at radius 2 is 1.88 bits per heavy atom. The summed E-state index contributed by atoms with van der Waals surface area (Å²) in [6, 6.07) is 2.35. The molecule has 0 amide bonds. The van der Waals surface area contributed by atoms with Gasteiger partial charge in [0.15, 0.2) is 0 Å². The Balaban J connectivity index is 2.40. The first-order valence-electron chi connectivity index (χ1n) is 6.79. The average Bonchev–Trinajstić information content (AvgIpc) is 3.04. The summed E-state index contributed by atoms with van der Waals surface area (Å²) in [6.07, 6.45) is 5.84. The molecule has 0 bridgehead atoms. The summed E-state index contributed by atoms with van der Waals surface area (Å²) in [5.74, 6) is 0.831. The summed E-state index contributed by atoms with van der Waals surface area (Å²) < 4.78 is 0. The quantitative estimate of drug-likeness (QED) is 0.629. The largest absolute Gasteiger partial charge is 0.303 e. The van der Waals surface area contributed by atoms with Gasteiger partial charge in [-0.2, -0.15) is 5.26 Å². The van der Waals surface area contributed by atoms with Crippen LogP contribution in [0.25, 0.3) is 0 Å². The van der Waals surface area contributed by atoms with Crippen LogP contribution < -0.4 is 0 Å². The Morgan fingerprint density at radius 3 is 2.25 bits per heavy atom. The van der Waals surface area contributed by atoms with E-state index in [-0.39, 0.29) is 0 Å². The average molecular weight is 222 g/mol. The molecule has 0 aromatic carbocycles. The van der Waals surface area contributed by atoms with Crippen LogP contribution >= 0.6 is 0 Å². The third-order valence-electron chi connectivity index (χ3n) is 4.09. The van der Waals surface area contributed by atoms with E-state index in [1.54, 1.807) is 0 Å². The van der Waals surface area contributed by atoms with Crippen molar-refractivity contribution in [3.8, 4) is 6.07 Å². The van der Waals surface area contributed by atoms with Crippen molar-refractivity contribution in [2.75, 3.05) is 19.6 Å². The van der Waals surface area contributed by atoms with Crippen LogP contribution in [-0.4, -0.2) is 24.5 Å². The van der Waals surface area contributed by atoms with E-state index in [0.717, 1.165) is 25.4 Å². The van der Waals surface area contributed by atoms with E-state index >= 15 is 0 Å². The van der Waals surface area contributed by atoms with Crippen LogP contribution in [-0.2, 0) is 0 Å². The molecule has 0 radical (unpaired) electrons. The Bertz CT molecular complexity index is 234. The van der Waals surface area contributed by atoms with Gasteiger partial charge in [0.1, 0.15) is 0 Å². The summed E-state index contributed by atoms with van der Waals surface area (Å²) in [5, 5.41) is 8.83. The minimum absolute atomic E-state index is 0.372. The summed E-state index contributed by atoms with van der Waals surface area (Å²) >= 11 is 0. The SMILES string of the molecule is CCC(CC)CN(CC)CC1(CC#N)CC1. The van der Waals surface area contributed by atoms with Crippen molar-refractivity contribution >= 4 is 0 Å². The van der Waals surface area contributed by atoms with Crippen LogP contribution in [0.15, 0.2) is 0 Å². The van der Waals surface area contributed by atoms with E-state index in [2.05, 4.69) is 31.7 Å². The van der Waals surface area contributed by atoms with Gasteiger partial charge in [-0.15, -0.1) is 0 Å². The van der Waals surface area contributed by atoms with Crippen molar-refractivity contribution < 1.29 is 0 Å². The molecule has 2 nitrogen and oxygen atoms in total. The predicted octanol–water partition coefficient (Wildman–Crippen LogP) is 3.44. The minimum atomic E-state index is 0.372. The van der Waals surface area contributed by atoms with E-state index in [4.69, 9.17) is 5.26 Å². The van der Waals surface area contributed by atoms with Gasteiger partial charge in [-0.05, 0) is 30.7 Å². The number of hydrogen-bond acceptors (Lipinski definition) is 2. The first-order valence-corrected chi connectivity index (χ1v) is 6.79. The lowest BCUT2D eigenvalue weighted by Crippen LogP contribution is -2.34. The molecule has 0 atom stereocenters. The fourth-order valence-electron chi connectivity index (χ4n) is 2.43. The van der Waals surface area contributed by atoms with Gasteiger partial charge in [-0.3, -0.25) is 0 Å². The molecule has 0 aromatic heterocycles. The summed E-state index contributed by atoms with van der Waals surface area (Å²) in [4.78, 5) is 2.56. The van der Waals surface area contributed by atoms with Crippen molar-refractivity contribution in [3.05, 3.63) is 0 Å². The molecular weight excluding hydrogens is 196 g/mol. The zero-order valence-corrected chi connectivity index (χ0v) is 11.1. The number of hydrogen-bond donors (Lipinski definition) is 0. The third kappa shape index (κ3) is 3.79. The Hall–Kier alpha value is -0.550. The van der Waals surface area contributed by atoms with E-state index in [1.807, 2.05) is 0 Å². The molecule has 16 heavy (non-hydrogen) atoms. The molecule has 0 aliphatic heterocycles. The number of nitriles is 1. The molecule has 0 N–H and O–H groups in total. The molecule has 0 spiro atoms. The van der Waals surface area contributed by atoms with Gasteiger partial charge in [-0.1, -0.05) is 33.6 Å². The highest BCUT2D eigenvalue weighted by molar-refractivity contribution is 5.01. The molecule has 1 aliphatic carbocycles. The normalized spacial score (nSPS) is 17.8. The fourth-order valence-corrected chi connectivity index (χ4v) is 2.43. The standard InChI is InChI=1S/C14H26N2/c1-4-13(5-2)11-16(6-3)12-14(7-8-14)9-10-15/h13H,4-9,11-12H2,1-3H3. The van der Waals surface area contributed by atoms with E-state index in [9.17, 15) is 0 Å². The summed E-state index contributed by atoms with van der Waals surface area (Å²) in [7, 11) is 0. The van der Waals surface area contributed by atoms with E-state index in [0.29, 0.717) is 5.41 Å². The highest BCUT2D eigenvalue weighted by atomic mass is 15.1. The van der Waals surface area contributed by atoms with Crippen LogP contribution in [0.1, 0.15) is 52.9 Å². The highest BCUT2D eigenvalue weighted by Crippen LogP contribution is 2.49. The molecule has 2 heteroatoms. The van der Waals surface area contributed by atoms with Gasteiger partial charge in [0, 0.05) is 19.5 Å². The molecule has 0 saturated heterocycles. The molecule has 1 aliphatic rings. The maximum atomic E-state index is 8.83. The van der Waals surface area contributed by atoms with Gasteiger partial charge in [0.25, 0.3) is 0 Å². The van der Waals surface area contributed by atoms with E-state index in [1.165, 1.54) is 32.2 Å². The molecule has 1 saturated carbocycles. The summed E-state index contributed by atoms with van der Waals surface area (Å²) in [6.45, 7) is 10.3.